The third kappa shape index (κ3) is 1.20. The summed E-state index contributed by atoms with van der Waals surface area (Å²) in [6.45, 7) is 2.39. The first kappa shape index (κ1) is 7.99. The summed E-state index contributed by atoms with van der Waals surface area (Å²) in [6, 6.07) is 9.90. The number of hydrogen-bond acceptors (Lipinski definition) is 0. The highest BCUT2D eigenvalue weighted by Gasteiger charge is 2.35. The smallest absolute Gasteiger partial charge is 0.123 e. The van der Waals surface area contributed by atoms with E-state index >= 15 is 0 Å². The summed E-state index contributed by atoms with van der Waals surface area (Å²) in [4.78, 5) is 0. The van der Waals surface area contributed by atoms with Crippen molar-refractivity contribution in [3.63, 3.8) is 0 Å². The topological polar surface area (TPSA) is 0 Å². The number of halogens is 1. The largest absolute Gasteiger partial charge is 0.207 e. The lowest BCUT2D eigenvalue weighted by Gasteiger charge is -2.36. The molecule has 0 bridgehead atoms. The Labute approximate surface area is 73.4 Å². The number of hydrogen-bond donors (Lipinski definition) is 0. The summed E-state index contributed by atoms with van der Waals surface area (Å²) in [5.41, 5.74) is 0. The summed E-state index contributed by atoms with van der Waals surface area (Å²) >= 11 is 0. The molecule has 1 aliphatic heterocycles. The summed E-state index contributed by atoms with van der Waals surface area (Å²) in [7, 11) is -1.06. The summed E-state index contributed by atoms with van der Waals surface area (Å²) < 4.78 is 12.6. The predicted octanol–water partition coefficient (Wildman–Crippen LogP) is 2.52. The molecule has 64 valence electrons. The van der Waals surface area contributed by atoms with Crippen LogP contribution in [0.2, 0.25) is 18.6 Å². The van der Waals surface area contributed by atoms with Gasteiger partial charge in [-0.1, -0.05) is 42.4 Å². The third-order valence-electron chi connectivity index (χ3n) is 3.00. The van der Waals surface area contributed by atoms with Crippen molar-refractivity contribution in [2.75, 3.05) is 0 Å². The molecule has 12 heavy (non-hydrogen) atoms. The van der Waals surface area contributed by atoms with Crippen molar-refractivity contribution >= 4 is 13.3 Å². The van der Waals surface area contributed by atoms with Gasteiger partial charge in [-0.2, -0.15) is 0 Å². The van der Waals surface area contributed by atoms with Crippen LogP contribution >= 0.6 is 0 Å². The summed E-state index contributed by atoms with van der Waals surface area (Å²) in [6.07, 6.45) is 1.38. The zero-order valence-electron chi connectivity index (χ0n) is 7.31. The van der Waals surface area contributed by atoms with Crippen LogP contribution in [0.1, 0.15) is 6.42 Å². The van der Waals surface area contributed by atoms with Crippen molar-refractivity contribution < 1.29 is 4.39 Å². The van der Waals surface area contributed by atoms with Crippen molar-refractivity contribution in [2.24, 2.45) is 0 Å². The molecule has 0 aromatic heterocycles. The van der Waals surface area contributed by atoms with Crippen LogP contribution in [0, 0.1) is 5.82 Å². The first-order valence-corrected chi connectivity index (χ1v) is 7.38. The van der Waals surface area contributed by atoms with Gasteiger partial charge in [0, 0.05) is 0 Å². The Bertz CT molecular complexity index is 274. The van der Waals surface area contributed by atoms with Crippen molar-refractivity contribution in [3.8, 4) is 0 Å². The molecule has 1 saturated heterocycles. The fraction of sp³-hybridized carbons (Fsp3) is 0.400. The van der Waals surface area contributed by atoms with Crippen LogP contribution in [0.3, 0.4) is 0 Å². The average molecular weight is 180 g/mol. The van der Waals surface area contributed by atoms with Gasteiger partial charge in [-0.15, -0.1) is 0 Å². The van der Waals surface area contributed by atoms with Crippen LogP contribution in [0.4, 0.5) is 4.39 Å². The average Bonchev–Trinajstić information content (AvgIpc) is 2.02. The van der Waals surface area contributed by atoms with Crippen LogP contribution in [0.15, 0.2) is 24.3 Å². The van der Waals surface area contributed by atoms with Crippen molar-refractivity contribution in [2.45, 2.75) is 25.1 Å². The van der Waals surface area contributed by atoms with E-state index in [4.69, 9.17) is 0 Å². The molecule has 0 amide bonds. The minimum atomic E-state index is -1.06. The van der Waals surface area contributed by atoms with Crippen molar-refractivity contribution in [1.29, 1.82) is 0 Å². The first-order valence-electron chi connectivity index (χ1n) is 4.47. The zero-order valence-corrected chi connectivity index (χ0v) is 8.31. The van der Waals surface area contributed by atoms with Crippen LogP contribution in [-0.4, -0.2) is 8.07 Å². The molecule has 2 heteroatoms. The van der Waals surface area contributed by atoms with Crippen LogP contribution in [0.5, 0.6) is 0 Å². The van der Waals surface area contributed by atoms with Gasteiger partial charge in [0.25, 0.3) is 0 Å². The molecule has 1 aliphatic rings. The monoisotopic (exact) mass is 180 g/mol. The molecule has 0 N–H and O–H groups in total. The van der Waals surface area contributed by atoms with E-state index in [0.717, 1.165) is 0 Å². The Hall–Kier alpha value is -0.633. The van der Waals surface area contributed by atoms with Crippen LogP contribution in [0.25, 0.3) is 0 Å². The quantitative estimate of drug-likeness (QED) is 0.583. The van der Waals surface area contributed by atoms with Gasteiger partial charge in [-0.25, -0.2) is 4.39 Å². The van der Waals surface area contributed by atoms with Gasteiger partial charge in [0.2, 0.25) is 0 Å². The minimum Gasteiger partial charge on any atom is -0.207 e. The molecule has 1 heterocycles. The second kappa shape index (κ2) is 2.70. The molecule has 0 radical (unpaired) electrons. The van der Waals surface area contributed by atoms with E-state index in [1.807, 2.05) is 12.1 Å². The molecular formula is C10H13FSi. The van der Waals surface area contributed by atoms with Gasteiger partial charge in [0.05, 0.1) is 8.07 Å². The lowest BCUT2D eigenvalue weighted by molar-refractivity contribution is 0.628. The summed E-state index contributed by atoms with van der Waals surface area (Å²) in [5, 5.41) is 1.43. The van der Waals surface area contributed by atoms with Gasteiger partial charge in [0.1, 0.15) is 5.82 Å². The fourth-order valence-corrected chi connectivity index (χ4v) is 4.81. The van der Waals surface area contributed by atoms with E-state index in [1.165, 1.54) is 23.7 Å². The van der Waals surface area contributed by atoms with E-state index in [1.54, 1.807) is 12.1 Å². The molecule has 1 aromatic rings. The highest BCUT2D eigenvalue weighted by atomic mass is 28.3. The van der Waals surface area contributed by atoms with Crippen LogP contribution in [-0.2, 0) is 0 Å². The molecule has 0 aliphatic carbocycles. The highest BCUT2D eigenvalue weighted by molar-refractivity contribution is 6.92. The Balaban J connectivity index is 2.28. The van der Waals surface area contributed by atoms with Gasteiger partial charge >= 0.3 is 0 Å². The lowest BCUT2D eigenvalue weighted by Crippen LogP contribution is -2.50. The summed E-state index contributed by atoms with van der Waals surface area (Å²) in [5.74, 6) is -0.115. The van der Waals surface area contributed by atoms with Crippen molar-refractivity contribution in [3.05, 3.63) is 30.1 Å². The van der Waals surface area contributed by atoms with Gasteiger partial charge < -0.3 is 0 Å². The second-order valence-corrected chi connectivity index (χ2v) is 8.62. The fourth-order valence-electron chi connectivity index (χ4n) is 1.85. The highest BCUT2D eigenvalue weighted by Crippen LogP contribution is 2.31. The molecule has 2 rings (SSSR count). The molecule has 0 atom stereocenters. The lowest BCUT2D eigenvalue weighted by atomic mass is 10.3. The normalized spacial score (nSPS) is 20.2. The Morgan fingerprint density at radius 2 is 1.75 bits per heavy atom. The minimum absolute atomic E-state index is 0.115. The second-order valence-electron chi connectivity index (χ2n) is 3.92. The number of rotatable bonds is 1. The zero-order chi connectivity index (χ0) is 8.60. The maximum absolute atomic E-state index is 12.6. The van der Waals surface area contributed by atoms with Gasteiger partial charge in [0.15, 0.2) is 0 Å². The Morgan fingerprint density at radius 3 is 2.17 bits per heavy atom. The number of benzene rings is 1. The molecular weight excluding hydrogens is 167 g/mol. The van der Waals surface area contributed by atoms with E-state index in [-0.39, 0.29) is 5.82 Å². The van der Waals surface area contributed by atoms with Gasteiger partial charge in [-0.05, 0) is 12.1 Å². The van der Waals surface area contributed by atoms with E-state index in [9.17, 15) is 4.39 Å². The van der Waals surface area contributed by atoms with E-state index < -0.39 is 8.07 Å². The van der Waals surface area contributed by atoms with Gasteiger partial charge in [-0.3, -0.25) is 0 Å². The molecule has 0 spiro atoms. The third-order valence-corrected chi connectivity index (χ3v) is 7.64. The Kier molecular flexibility index (Phi) is 1.79. The predicted molar refractivity (Wildman–Crippen MR) is 51.9 cm³/mol. The maximum Gasteiger partial charge on any atom is 0.123 e. The maximum atomic E-state index is 12.6. The molecule has 1 fully saturated rings. The molecule has 0 saturated carbocycles. The van der Waals surface area contributed by atoms with Crippen molar-refractivity contribution in [1.82, 2.24) is 0 Å². The van der Waals surface area contributed by atoms with E-state index in [2.05, 4.69) is 6.55 Å². The molecule has 0 nitrogen and oxygen atoms in total. The Morgan fingerprint density at radius 1 is 1.17 bits per heavy atom. The molecule has 1 aromatic carbocycles. The van der Waals surface area contributed by atoms with Crippen LogP contribution < -0.4 is 5.19 Å². The van der Waals surface area contributed by atoms with E-state index in [0.29, 0.717) is 0 Å². The first-order chi connectivity index (χ1) is 5.71. The molecule has 0 unspecified atom stereocenters. The standard InChI is InChI=1S/C10H13FSi/c1-12(7-2-8-12)10-5-3-9(11)4-6-10/h3-6H,2,7-8H2,1H3. The SMILES string of the molecule is C[Si]1(c2ccc(F)cc2)CCC1.